The van der Waals surface area contributed by atoms with Gasteiger partial charge in [-0.2, -0.15) is 0 Å². The number of rotatable bonds is 12. The van der Waals surface area contributed by atoms with Gasteiger partial charge in [-0.15, -0.1) is 11.3 Å². The average molecular weight is 503 g/mol. The Morgan fingerprint density at radius 1 is 1.06 bits per heavy atom. The number of thiophene rings is 1. The molecule has 0 N–H and O–H groups in total. The highest BCUT2D eigenvalue weighted by atomic mass is 32.1. The maximum absolute atomic E-state index is 13.6. The number of hydrogen-bond acceptors (Lipinski definition) is 6. The molecule has 0 radical (unpaired) electrons. The van der Waals surface area contributed by atoms with Crippen molar-refractivity contribution in [3.8, 4) is 11.5 Å². The summed E-state index contributed by atoms with van der Waals surface area (Å²) in [6.45, 7) is 13.0. The van der Waals surface area contributed by atoms with Crippen molar-refractivity contribution in [1.82, 2.24) is 9.80 Å². The first-order chi connectivity index (χ1) is 16.7. The summed E-state index contributed by atoms with van der Waals surface area (Å²) in [7, 11) is 0. The van der Waals surface area contributed by atoms with E-state index in [2.05, 4.69) is 13.0 Å². The maximum atomic E-state index is 13.6. The van der Waals surface area contributed by atoms with E-state index in [-0.39, 0.29) is 30.6 Å². The lowest BCUT2D eigenvalue weighted by atomic mass is 9.91. The molecule has 1 aliphatic heterocycles. The lowest BCUT2D eigenvalue weighted by molar-refractivity contribution is -0.142. The Morgan fingerprint density at radius 2 is 1.83 bits per heavy atom. The van der Waals surface area contributed by atoms with Gasteiger partial charge in [0.1, 0.15) is 0 Å². The Labute approximate surface area is 213 Å². The lowest BCUT2D eigenvalue weighted by Gasteiger charge is -2.30. The van der Waals surface area contributed by atoms with Crippen LogP contribution in [0.5, 0.6) is 11.5 Å². The molecule has 2 aromatic rings. The number of benzene rings is 1. The second kappa shape index (κ2) is 12.4. The number of carbonyl (C=O) groups excluding carboxylic acids is 2. The Morgan fingerprint density at radius 3 is 2.51 bits per heavy atom. The zero-order chi connectivity index (χ0) is 25.4. The Hall–Kier alpha value is -2.58. The maximum Gasteiger partial charge on any atom is 0.242 e. The SMILES string of the molecule is CCOCCCN(CC(=O)N(Cc1ccc2c(c1)OCO2)Cc1sccc1C)C(=O)CC(C)(C)C. The van der Waals surface area contributed by atoms with Crippen molar-refractivity contribution in [2.75, 3.05) is 33.1 Å². The van der Waals surface area contributed by atoms with Gasteiger partial charge in [0.25, 0.3) is 0 Å². The minimum Gasteiger partial charge on any atom is -0.454 e. The molecule has 3 rings (SSSR count). The van der Waals surface area contributed by atoms with Gasteiger partial charge in [-0.1, -0.05) is 26.8 Å². The molecule has 1 aliphatic rings. The summed E-state index contributed by atoms with van der Waals surface area (Å²) < 4.78 is 16.4. The van der Waals surface area contributed by atoms with Crippen LogP contribution < -0.4 is 9.47 Å². The Balaban J connectivity index is 1.77. The standard InChI is InChI=1S/C27H38N2O5S/c1-6-32-12-7-11-28(25(30)15-27(3,4)5)18-26(31)29(17-24-20(2)10-13-35-24)16-21-8-9-22-23(14-21)34-19-33-22/h8-10,13-14H,6-7,11-12,15-19H2,1-5H3. The molecule has 7 nitrogen and oxygen atoms in total. The molecule has 1 aromatic heterocycles. The van der Waals surface area contributed by atoms with Gasteiger partial charge in [0.15, 0.2) is 11.5 Å². The van der Waals surface area contributed by atoms with Crippen LogP contribution in [0, 0.1) is 12.3 Å². The van der Waals surface area contributed by atoms with Crippen LogP contribution in [0.1, 0.15) is 56.5 Å². The van der Waals surface area contributed by atoms with Crippen LogP contribution in [0.2, 0.25) is 0 Å². The molecule has 0 atom stereocenters. The summed E-state index contributed by atoms with van der Waals surface area (Å²) in [5, 5.41) is 2.04. The topological polar surface area (TPSA) is 68.3 Å². The van der Waals surface area contributed by atoms with Crippen LogP contribution in [0.25, 0.3) is 0 Å². The molecule has 192 valence electrons. The number of nitrogens with zero attached hydrogens (tertiary/aromatic N) is 2. The zero-order valence-corrected chi connectivity index (χ0v) is 22.4. The normalized spacial score (nSPS) is 12.6. The molecule has 0 fully saturated rings. The summed E-state index contributed by atoms with van der Waals surface area (Å²) in [5.74, 6) is 1.33. The quantitative estimate of drug-likeness (QED) is 0.382. The first-order valence-corrected chi connectivity index (χ1v) is 13.1. The molecule has 0 aliphatic carbocycles. The molecule has 0 spiro atoms. The van der Waals surface area contributed by atoms with Gasteiger partial charge >= 0.3 is 0 Å². The zero-order valence-electron chi connectivity index (χ0n) is 21.6. The van der Waals surface area contributed by atoms with E-state index in [4.69, 9.17) is 14.2 Å². The predicted molar refractivity (Wildman–Crippen MR) is 138 cm³/mol. The van der Waals surface area contributed by atoms with Crippen molar-refractivity contribution in [2.24, 2.45) is 5.41 Å². The third-order valence-electron chi connectivity index (χ3n) is 5.75. The molecular formula is C27H38N2O5S. The smallest absolute Gasteiger partial charge is 0.242 e. The second-order valence-electron chi connectivity index (χ2n) is 10.1. The van der Waals surface area contributed by atoms with Gasteiger partial charge in [0, 0.05) is 37.6 Å². The minimum atomic E-state index is -0.154. The number of aryl methyl sites for hydroxylation is 1. The molecular weight excluding hydrogens is 464 g/mol. The summed E-state index contributed by atoms with van der Waals surface area (Å²) in [5.41, 5.74) is 1.97. The third kappa shape index (κ3) is 8.25. The van der Waals surface area contributed by atoms with Gasteiger partial charge in [-0.25, -0.2) is 0 Å². The second-order valence-corrected chi connectivity index (χ2v) is 11.1. The molecule has 0 bridgehead atoms. The fraction of sp³-hybridized carbons (Fsp3) is 0.556. The van der Waals surface area contributed by atoms with Crippen LogP contribution in [0.3, 0.4) is 0 Å². The van der Waals surface area contributed by atoms with Crippen molar-refractivity contribution in [1.29, 1.82) is 0 Å². The van der Waals surface area contributed by atoms with Crippen LogP contribution in [-0.4, -0.2) is 54.7 Å². The first kappa shape index (κ1) is 27.0. The van der Waals surface area contributed by atoms with E-state index < -0.39 is 0 Å². The van der Waals surface area contributed by atoms with E-state index in [0.717, 1.165) is 16.0 Å². The van der Waals surface area contributed by atoms with E-state index in [1.54, 1.807) is 16.2 Å². The molecule has 2 amide bonds. The monoisotopic (exact) mass is 502 g/mol. The fourth-order valence-electron chi connectivity index (χ4n) is 3.85. The van der Waals surface area contributed by atoms with Crippen LogP contribution >= 0.6 is 11.3 Å². The van der Waals surface area contributed by atoms with Gasteiger partial charge in [0.2, 0.25) is 18.6 Å². The Bertz CT molecular complexity index is 998. The highest BCUT2D eigenvalue weighted by Gasteiger charge is 2.26. The van der Waals surface area contributed by atoms with Crippen molar-refractivity contribution in [3.63, 3.8) is 0 Å². The number of ether oxygens (including phenoxy) is 3. The highest BCUT2D eigenvalue weighted by molar-refractivity contribution is 7.10. The number of fused-ring (bicyclic) bond motifs is 1. The molecule has 8 heteroatoms. The largest absolute Gasteiger partial charge is 0.454 e. The van der Waals surface area contributed by atoms with Crippen molar-refractivity contribution in [2.45, 2.75) is 60.5 Å². The van der Waals surface area contributed by atoms with Gasteiger partial charge < -0.3 is 24.0 Å². The first-order valence-electron chi connectivity index (χ1n) is 12.2. The van der Waals surface area contributed by atoms with E-state index >= 15 is 0 Å². The van der Waals surface area contributed by atoms with E-state index in [1.165, 1.54) is 0 Å². The van der Waals surface area contributed by atoms with Gasteiger partial charge in [0.05, 0.1) is 13.1 Å². The van der Waals surface area contributed by atoms with Gasteiger partial charge in [-0.05, 0) is 60.4 Å². The van der Waals surface area contributed by atoms with Crippen LogP contribution in [0.4, 0.5) is 0 Å². The summed E-state index contributed by atoms with van der Waals surface area (Å²) in [6.07, 6.45) is 1.09. The van der Waals surface area contributed by atoms with E-state index in [1.807, 2.05) is 56.2 Å². The van der Waals surface area contributed by atoms with Crippen molar-refractivity contribution in [3.05, 3.63) is 45.6 Å². The van der Waals surface area contributed by atoms with Crippen molar-refractivity contribution < 1.29 is 23.8 Å². The number of carbonyl (C=O) groups is 2. The molecule has 2 heterocycles. The van der Waals surface area contributed by atoms with Crippen LogP contribution in [-0.2, 0) is 27.4 Å². The molecule has 1 aromatic carbocycles. The predicted octanol–water partition coefficient (Wildman–Crippen LogP) is 5.01. The third-order valence-corrected chi connectivity index (χ3v) is 6.75. The summed E-state index contributed by atoms with van der Waals surface area (Å²) in [4.78, 5) is 31.4. The minimum absolute atomic E-state index is 0.00215. The molecule has 0 unspecified atom stereocenters. The molecule has 0 saturated carbocycles. The lowest BCUT2D eigenvalue weighted by Crippen LogP contribution is -2.44. The van der Waals surface area contributed by atoms with Crippen molar-refractivity contribution >= 4 is 23.2 Å². The molecule has 35 heavy (non-hydrogen) atoms. The number of hydrogen-bond donors (Lipinski definition) is 0. The Kier molecular flexibility index (Phi) is 9.57. The summed E-state index contributed by atoms with van der Waals surface area (Å²) >= 11 is 1.64. The fourth-order valence-corrected chi connectivity index (χ4v) is 4.77. The van der Waals surface area contributed by atoms with E-state index in [9.17, 15) is 9.59 Å². The van der Waals surface area contributed by atoms with Gasteiger partial charge in [-0.3, -0.25) is 9.59 Å². The summed E-state index contributed by atoms with van der Waals surface area (Å²) in [6, 6.07) is 7.83. The van der Waals surface area contributed by atoms with Crippen LogP contribution in [0.15, 0.2) is 29.6 Å². The molecule has 0 saturated heterocycles. The van der Waals surface area contributed by atoms with E-state index in [0.29, 0.717) is 57.2 Å². The average Bonchev–Trinajstić information content (AvgIpc) is 3.42. The number of amides is 2. The highest BCUT2D eigenvalue weighted by Crippen LogP contribution is 2.33.